The minimum atomic E-state index is 0.408. The van der Waals surface area contributed by atoms with Crippen molar-refractivity contribution in [2.75, 3.05) is 13.7 Å². The van der Waals surface area contributed by atoms with E-state index in [2.05, 4.69) is 57.3 Å². The molecular weight excluding hydrogens is 222 g/mol. The molecule has 0 fully saturated rings. The van der Waals surface area contributed by atoms with Crippen LogP contribution in [-0.2, 0) is 0 Å². The molecule has 18 heavy (non-hydrogen) atoms. The smallest absolute Gasteiger partial charge is 0.119 e. The highest BCUT2D eigenvalue weighted by Crippen LogP contribution is 2.28. The molecule has 2 atom stereocenters. The Balaban J connectivity index is 2.75. The van der Waals surface area contributed by atoms with E-state index in [9.17, 15) is 0 Å². The topological polar surface area (TPSA) is 21.3 Å². The quantitative estimate of drug-likeness (QED) is 0.788. The predicted octanol–water partition coefficient (Wildman–Crippen LogP) is 4.03. The maximum absolute atomic E-state index is 5.61. The summed E-state index contributed by atoms with van der Waals surface area (Å²) < 4.78 is 5.61. The molecule has 0 saturated carbocycles. The zero-order valence-corrected chi connectivity index (χ0v) is 12.4. The number of rotatable bonds is 7. The SMILES string of the molecule is CCCOc1ccc(C(NC)C(C)C(C)C)cc1. The summed E-state index contributed by atoms with van der Waals surface area (Å²) in [6, 6.07) is 8.89. The largest absolute Gasteiger partial charge is 0.494 e. The van der Waals surface area contributed by atoms with Crippen LogP contribution in [0.4, 0.5) is 0 Å². The van der Waals surface area contributed by atoms with Crippen molar-refractivity contribution in [2.24, 2.45) is 11.8 Å². The van der Waals surface area contributed by atoms with E-state index in [1.807, 2.05) is 7.05 Å². The van der Waals surface area contributed by atoms with Crippen LogP contribution in [0.15, 0.2) is 24.3 Å². The molecule has 0 aromatic heterocycles. The summed E-state index contributed by atoms with van der Waals surface area (Å²) in [5.74, 6) is 2.24. The summed E-state index contributed by atoms with van der Waals surface area (Å²) in [7, 11) is 2.03. The highest BCUT2D eigenvalue weighted by Gasteiger charge is 2.20. The van der Waals surface area contributed by atoms with Gasteiger partial charge in [0.2, 0.25) is 0 Å². The molecule has 0 saturated heterocycles. The van der Waals surface area contributed by atoms with Crippen molar-refractivity contribution in [3.05, 3.63) is 29.8 Å². The Kier molecular flexibility index (Phi) is 6.20. The van der Waals surface area contributed by atoms with Crippen LogP contribution in [0.5, 0.6) is 5.75 Å². The Morgan fingerprint density at radius 2 is 1.72 bits per heavy atom. The van der Waals surface area contributed by atoms with Gasteiger partial charge in [0.15, 0.2) is 0 Å². The molecule has 0 aliphatic carbocycles. The van der Waals surface area contributed by atoms with Crippen molar-refractivity contribution in [2.45, 2.75) is 40.2 Å². The predicted molar refractivity (Wildman–Crippen MR) is 78.0 cm³/mol. The molecule has 0 aliphatic heterocycles. The third-order valence-corrected chi connectivity index (χ3v) is 3.60. The zero-order chi connectivity index (χ0) is 13.5. The molecule has 2 nitrogen and oxygen atoms in total. The lowest BCUT2D eigenvalue weighted by atomic mass is 9.86. The average Bonchev–Trinajstić information content (AvgIpc) is 2.38. The monoisotopic (exact) mass is 249 g/mol. The van der Waals surface area contributed by atoms with Crippen LogP contribution in [-0.4, -0.2) is 13.7 Å². The van der Waals surface area contributed by atoms with Crippen LogP contribution in [0.3, 0.4) is 0 Å². The first-order chi connectivity index (χ1) is 8.60. The van der Waals surface area contributed by atoms with E-state index in [4.69, 9.17) is 4.74 Å². The molecule has 1 aromatic carbocycles. The lowest BCUT2D eigenvalue weighted by Crippen LogP contribution is -2.26. The summed E-state index contributed by atoms with van der Waals surface area (Å²) in [6.07, 6.45) is 1.05. The summed E-state index contributed by atoms with van der Waals surface area (Å²) in [5.41, 5.74) is 1.34. The number of ether oxygens (including phenoxy) is 1. The van der Waals surface area contributed by atoms with E-state index in [-0.39, 0.29) is 0 Å². The zero-order valence-electron chi connectivity index (χ0n) is 12.4. The Labute approximate surface area is 112 Å². The highest BCUT2D eigenvalue weighted by atomic mass is 16.5. The van der Waals surface area contributed by atoms with Gasteiger partial charge in [-0.3, -0.25) is 0 Å². The average molecular weight is 249 g/mol. The fraction of sp³-hybridized carbons (Fsp3) is 0.625. The van der Waals surface area contributed by atoms with E-state index < -0.39 is 0 Å². The van der Waals surface area contributed by atoms with Gasteiger partial charge < -0.3 is 10.1 Å². The van der Waals surface area contributed by atoms with Crippen molar-refractivity contribution in [3.63, 3.8) is 0 Å². The Morgan fingerprint density at radius 1 is 1.11 bits per heavy atom. The van der Waals surface area contributed by atoms with Crippen LogP contribution < -0.4 is 10.1 Å². The normalized spacial score (nSPS) is 14.6. The van der Waals surface area contributed by atoms with Gasteiger partial charge in [-0.15, -0.1) is 0 Å². The van der Waals surface area contributed by atoms with Gasteiger partial charge in [-0.25, -0.2) is 0 Å². The highest BCUT2D eigenvalue weighted by molar-refractivity contribution is 5.29. The standard InChI is InChI=1S/C16H27NO/c1-6-11-18-15-9-7-14(8-10-15)16(17-5)13(4)12(2)3/h7-10,12-13,16-17H,6,11H2,1-5H3. The second kappa shape index (κ2) is 7.42. The number of hydrogen-bond donors (Lipinski definition) is 1. The van der Waals surface area contributed by atoms with Crippen molar-refractivity contribution in [3.8, 4) is 5.75 Å². The number of nitrogens with one attached hydrogen (secondary N) is 1. The molecule has 0 amide bonds. The van der Waals surface area contributed by atoms with Crippen LogP contribution in [0, 0.1) is 11.8 Å². The van der Waals surface area contributed by atoms with Crippen molar-refractivity contribution < 1.29 is 4.74 Å². The number of hydrogen-bond acceptors (Lipinski definition) is 2. The lowest BCUT2D eigenvalue weighted by molar-refractivity contribution is 0.312. The van der Waals surface area contributed by atoms with Gasteiger partial charge in [-0.05, 0) is 43.0 Å². The molecular formula is C16H27NO. The maximum Gasteiger partial charge on any atom is 0.119 e. The molecule has 0 spiro atoms. The third kappa shape index (κ3) is 4.02. The maximum atomic E-state index is 5.61. The molecule has 0 heterocycles. The van der Waals surface area contributed by atoms with Gasteiger partial charge in [0.25, 0.3) is 0 Å². The minimum Gasteiger partial charge on any atom is -0.494 e. The molecule has 1 N–H and O–H groups in total. The summed E-state index contributed by atoms with van der Waals surface area (Å²) >= 11 is 0. The van der Waals surface area contributed by atoms with Crippen molar-refractivity contribution in [1.82, 2.24) is 5.32 Å². The summed E-state index contributed by atoms with van der Waals surface area (Å²) in [5, 5.41) is 3.42. The molecule has 1 aromatic rings. The summed E-state index contributed by atoms with van der Waals surface area (Å²) in [4.78, 5) is 0. The van der Waals surface area contributed by atoms with Gasteiger partial charge in [-0.2, -0.15) is 0 Å². The Morgan fingerprint density at radius 3 is 2.17 bits per heavy atom. The van der Waals surface area contributed by atoms with Crippen molar-refractivity contribution >= 4 is 0 Å². The van der Waals surface area contributed by atoms with E-state index in [0.29, 0.717) is 17.9 Å². The number of benzene rings is 1. The molecule has 102 valence electrons. The Bertz CT molecular complexity index is 331. The van der Waals surface area contributed by atoms with Gasteiger partial charge in [0.1, 0.15) is 5.75 Å². The molecule has 0 aliphatic rings. The van der Waals surface area contributed by atoms with Crippen LogP contribution in [0.1, 0.15) is 45.7 Å². The summed E-state index contributed by atoms with van der Waals surface area (Å²) in [6.45, 7) is 9.75. The van der Waals surface area contributed by atoms with Crippen LogP contribution >= 0.6 is 0 Å². The second-order valence-electron chi connectivity index (χ2n) is 5.29. The molecule has 1 rings (SSSR count). The third-order valence-electron chi connectivity index (χ3n) is 3.60. The van der Waals surface area contributed by atoms with E-state index >= 15 is 0 Å². The van der Waals surface area contributed by atoms with Crippen molar-refractivity contribution in [1.29, 1.82) is 0 Å². The van der Waals surface area contributed by atoms with Crippen LogP contribution in [0.25, 0.3) is 0 Å². The van der Waals surface area contributed by atoms with E-state index in [1.165, 1.54) is 5.56 Å². The molecule has 2 heteroatoms. The Hall–Kier alpha value is -1.02. The first-order valence-electron chi connectivity index (χ1n) is 7.00. The first kappa shape index (κ1) is 15.0. The fourth-order valence-corrected chi connectivity index (χ4v) is 2.11. The van der Waals surface area contributed by atoms with Crippen LogP contribution in [0.2, 0.25) is 0 Å². The van der Waals surface area contributed by atoms with E-state index in [1.54, 1.807) is 0 Å². The first-order valence-corrected chi connectivity index (χ1v) is 7.00. The van der Waals surface area contributed by atoms with Gasteiger partial charge in [0, 0.05) is 6.04 Å². The lowest BCUT2D eigenvalue weighted by Gasteiger charge is -2.27. The van der Waals surface area contributed by atoms with Gasteiger partial charge >= 0.3 is 0 Å². The molecule has 0 bridgehead atoms. The minimum absolute atomic E-state index is 0.408. The fourth-order valence-electron chi connectivity index (χ4n) is 2.11. The molecule has 2 unspecified atom stereocenters. The van der Waals surface area contributed by atoms with Gasteiger partial charge in [0.05, 0.1) is 6.61 Å². The molecule has 0 radical (unpaired) electrons. The second-order valence-corrected chi connectivity index (χ2v) is 5.29. The van der Waals surface area contributed by atoms with Gasteiger partial charge in [-0.1, -0.05) is 39.8 Å². The van der Waals surface area contributed by atoms with E-state index in [0.717, 1.165) is 18.8 Å².